The normalized spacial score (nSPS) is 11.1. The maximum Gasteiger partial charge on any atom is 0.166 e. The summed E-state index contributed by atoms with van der Waals surface area (Å²) in [5.74, 6) is 1.15. The highest BCUT2D eigenvalue weighted by molar-refractivity contribution is 7.99. The average Bonchev–Trinajstić information content (AvgIpc) is 2.60. The first-order valence-corrected chi connectivity index (χ1v) is 6.37. The Kier molecular flexibility index (Phi) is 3.31. The van der Waals surface area contributed by atoms with E-state index in [9.17, 15) is 0 Å². The van der Waals surface area contributed by atoms with Gasteiger partial charge in [0.1, 0.15) is 0 Å². The molecule has 0 unspecified atom stereocenters. The fourth-order valence-electron chi connectivity index (χ4n) is 1.48. The molecule has 2 rings (SSSR count). The molecule has 0 fully saturated rings. The minimum atomic E-state index is 1.05. The molecule has 0 aliphatic rings. The largest absolute Gasteiger partial charge is 0.333 e. The second-order valence-corrected chi connectivity index (χ2v) is 4.85. The van der Waals surface area contributed by atoms with Crippen LogP contribution in [0.25, 0.3) is 11.0 Å². The van der Waals surface area contributed by atoms with Gasteiger partial charge in [-0.1, -0.05) is 31.2 Å². The maximum absolute atomic E-state index is 4.53. The zero-order valence-electron chi connectivity index (χ0n) is 9.21. The lowest BCUT2D eigenvalue weighted by Crippen LogP contribution is -1.79. The molecule has 0 aliphatic heterocycles. The number of nitrogens with one attached hydrogen (secondary N) is 1. The summed E-state index contributed by atoms with van der Waals surface area (Å²) in [4.78, 5) is 7.88. The van der Waals surface area contributed by atoms with E-state index in [1.807, 2.05) is 11.8 Å². The number of H-pyrrole nitrogens is 1. The first kappa shape index (κ1) is 10.6. The molecule has 0 aliphatic carbocycles. The van der Waals surface area contributed by atoms with E-state index in [-0.39, 0.29) is 0 Å². The molecule has 0 saturated carbocycles. The molecule has 80 valence electrons. The van der Waals surface area contributed by atoms with E-state index >= 15 is 0 Å². The molecular formula is C12H16N2S. The summed E-state index contributed by atoms with van der Waals surface area (Å²) in [6.45, 7) is 4.31. The number of aryl methyl sites for hydroxylation is 1. The Balaban J connectivity index is 2.16. The van der Waals surface area contributed by atoms with Crippen LogP contribution in [-0.2, 0) is 0 Å². The van der Waals surface area contributed by atoms with Gasteiger partial charge in [0.25, 0.3) is 0 Å². The molecule has 3 heteroatoms. The van der Waals surface area contributed by atoms with E-state index < -0.39 is 0 Å². The van der Waals surface area contributed by atoms with Gasteiger partial charge in [0.15, 0.2) is 5.16 Å². The molecule has 0 atom stereocenters. The van der Waals surface area contributed by atoms with E-state index in [1.165, 1.54) is 18.4 Å². The maximum atomic E-state index is 4.53. The number of benzene rings is 1. The van der Waals surface area contributed by atoms with Crippen LogP contribution in [0.15, 0.2) is 23.4 Å². The van der Waals surface area contributed by atoms with Gasteiger partial charge in [0, 0.05) is 5.75 Å². The Hall–Kier alpha value is -0.960. The van der Waals surface area contributed by atoms with E-state index in [0.717, 1.165) is 21.9 Å². The van der Waals surface area contributed by atoms with Gasteiger partial charge < -0.3 is 4.98 Å². The topological polar surface area (TPSA) is 28.7 Å². The molecule has 1 N–H and O–H groups in total. The van der Waals surface area contributed by atoms with Crippen LogP contribution in [0, 0.1) is 6.92 Å². The van der Waals surface area contributed by atoms with Gasteiger partial charge in [-0.2, -0.15) is 0 Å². The van der Waals surface area contributed by atoms with Crippen molar-refractivity contribution in [2.45, 2.75) is 31.8 Å². The zero-order chi connectivity index (χ0) is 10.7. The van der Waals surface area contributed by atoms with Crippen LogP contribution in [-0.4, -0.2) is 15.7 Å². The lowest BCUT2D eigenvalue weighted by atomic mass is 10.2. The highest BCUT2D eigenvalue weighted by Crippen LogP contribution is 2.20. The summed E-state index contributed by atoms with van der Waals surface area (Å²) >= 11 is 1.81. The number of aromatic nitrogens is 2. The fourth-order valence-corrected chi connectivity index (χ4v) is 2.45. The van der Waals surface area contributed by atoms with Crippen molar-refractivity contribution in [2.75, 3.05) is 5.75 Å². The molecule has 1 heterocycles. The van der Waals surface area contributed by atoms with Crippen molar-refractivity contribution in [1.82, 2.24) is 9.97 Å². The number of rotatable bonds is 4. The van der Waals surface area contributed by atoms with Gasteiger partial charge in [-0.05, 0) is 31.0 Å². The molecule has 0 radical (unpaired) electrons. The Morgan fingerprint density at radius 3 is 3.07 bits per heavy atom. The van der Waals surface area contributed by atoms with Crippen LogP contribution in [0.4, 0.5) is 0 Å². The quantitative estimate of drug-likeness (QED) is 0.627. The van der Waals surface area contributed by atoms with Crippen molar-refractivity contribution in [2.24, 2.45) is 0 Å². The van der Waals surface area contributed by atoms with Crippen molar-refractivity contribution < 1.29 is 0 Å². The van der Waals surface area contributed by atoms with Crippen LogP contribution >= 0.6 is 11.8 Å². The third kappa shape index (κ3) is 2.53. The van der Waals surface area contributed by atoms with Crippen LogP contribution < -0.4 is 0 Å². The second kappa shape index (κ2) is 4.71. The Morgan fingerprint density at radius 1 is 1.40 bits per heavy atom. The highest BCUT2D eigenvalue weighted by Gasteiger charge is 2.02. The van der Waals surface area contributed by atoms with Gasteiger partial charge in [0.05, 0.1) is 11.0 Å². The summed E-state index contributed by atoms with van der Waals surface area (Å²) in [7, 11) is 0. The van der Waals surface area contributed by atoms with Gasteiger partial charge in [-0.25, -0.2) is 4.98 Å². The van der Waals surface area contributed by atoms with Crippen molar-refractivity contribution in [3.8, 4) is 0 Å². The van der Waals surface area contributed by atoms with Gasteiger partial charge in [-0.15, -0.1) is 0 Å². The van der Waals surface area contributed by atoms with E-state index in [0.29, 0.717) is 0 Å². The number of imidazole rings is 1. The number of thioether (sulfide) groups is 1. The first-order valence-electron chi connectivity index (χ1n) is 5.39. The minimum absolute atomic E-state index is 1.05. The molecule has 0 amide bonds. The zero-order valence-corrected chi connectivity index (χ0v) is 10.0. The monoisotopic (exact) mass is 220 g/mol. The number of unbranched alkanes of at least 4 members (excludes halogenated alkanes) is 1. The van der Waals surface area contributed by atoms with Gasteiger partial charge in [0.2, 0.25) is 0 Å². The molecule has 2 nitrogen and oxygen atoms in total. The molecule has 1 aromatic carbocycles. The standard InChI is InChI=1S/C12H16N2S/c1-3-4-7-15-12-13-10-6-5-9(2)8-11(10)14-12/h5-6,8H,3-4,7H2,1-2H3,(H,13,14). The molecule has 0 bridgehead atoms. The Bertz CT molecular complexity index is 448. The predicted octanol–water partition coefficient (Wildman–Crippen LogP) is 3.76. The van der Waals surface area contributed by atoms with E-state index in [2.05, 4.69) is 42.0 Å². The second-order valence-electron chi connectivity index (χ2n) is 3.76. The summed E-state index contributed by atoms with van der Waals surface area (Å²) < 4.78 is 0. The van der Waals surface area contributed by atoms with Crippen LogP contribution in [0.2, 0.25) is 0 Å². The number of nitrogens with zero attached hydrogens (tertiary/aromatic N) is 1. The number of hydrogen-bond acceptors (Lipinski definition) is 2. The highest BCUT2D eigenvalue weighted by atomic mass is 32.2. The van der Waals surface area contributed by atoms with Crippen LogP contribution in [0.1, 0.15) is 25.3 Å². The third-order valence-electron chi connectivity index (χ3n) is 2.35. The van der Waals surface area contributed by atoms with Crippen molar-refractivity contribution in [3.05, 3.63) is 23.8 Å². The summed E-state index contributed by atoms with van der Waals surface area (Å²) in [6.07, 6.45) is 2.49. The molecular weight excluding hydrogens is 204 g/mol. The number of aromatic amines is 1. The molecule has 1 aromatic heterocycles. The Labute approximate surface area is 94.5 Å². The van der Waals surface area contributed by atoms with E-state index in [1.54, 1.807) is 0 Å². The SMILES string of the molecule is CCCCSc1nc2ccc(C)cc2[nH]1. The number of fused-ring (bicyclic) bond motifs is 1. The smallest absolute Gasteiger partial charge is 0.166 e. The Morgan fingerprint density at radius 2 is 2.27 bits per heavy atom. The summed E-state index contributed by atoms with van der Waals surface area (Å²) in [6, 6.07) is 6.32. The summed E-state index contributed by atoms with van der Waals surface area (Å²) in [5, 5.41) is 1.05. The van der Waals surface area contributed by atoms with Gasteiger partial charge in [-0.3, -0.25) is 0 Å². The minimum Gasteiger partial charge on any atom is -0.333 e. The fraction of sp³-hybridized carbons (Fsp3) is 0.417. The average molecular weight is 220 g/mol. The molecule has 0 spiro atoms. The lowest BCUT2D eigenvalue weighted by molar-refractivity contribution is 0.893. The van der Waals surface area contributed by atoms with Gasteiger partial charge >= 0.3 is 0 Å². The third-order valence-corrected chi connectivity index (χ3v) is 3.31. The van der Waals surface area contributed by atoms with E-state index in [4.69, 9.17) is 0 Å². The van der Waals surface area contributed by atoms with Crippen LogP contribution in [0.5, 0.6) is 0 Å². The summed E-state index contributed by atoms with van der Waals surface area (Å²) in [5.41, 5.74) is 3.49. The molecule has 0 saturated heterocycles. The van der Waals surface area contributed by atoms with Crippen molar-refractivity contribution in [3.63, 3.8) is 0 Å². The first-order chi connectivity index (χ1) is 7.29. The number of hydrogen-bond donors (Lipinski definition) is 1. The molecule has 2 aromatic rings. The van der Waals surface area contributed by atoms with Crippen LogP contribution in [0.3, 0.4) is 0 Å². The van der Waals surface area contributed by atoms with Crippen molar-refractivity contribution in [1.29, 1.82) is 0 Å². The predicted molar refractivity (Wildman–Crippen MR) is 66.5 cm³/mol. The lowest BCUT2D eigenvalue weighted by Gasteiger charge is -1.93. The van der Waals surface area contributed by atoms with Crippen molar-refractivity contribution >= 4 is 22.8 Å². The molecule has 15 heavy (non-hydrogen) atoms.